The lowest BCUT2D eigenvalue weighted by Gasteiger charge is -2.27. The summed E-state index contributed by atoms with van der Waals surface area (Å²) in [7, 11) is 0. The molecule has 4 rings (SSSR count). The summed E-state index contributed by atoms with van der Waals surface area (Å²) in [5.74, 6) is -1.36. The number of morpholine rings is 1. The first-order valence-electron chi connectivity index (χ1n) is 9.66. The lowest BCUT2D eigenvalue weighted by molar-refractivity contribution is -0.120. The quantitative estimate of drug-likeness (QED) is 0.707. The fraction of sp³-hybridized carbons (Fsp3) is 0.227. The van der Waals surface area contributed by atoms with Gasteiger partial charge >= 0.3 is 0 Å². The zero-order valence-corrected chi connectivity index (χ0v) is 18.2. The fourth-order valence-corrected chi connectivity index (χ4v) is 3.87. The van der Waals surface area contributed by atoms with Gasteiger partial charge in [-0.1, -0.05) is 35.3 Å². The van der Waals surface area contributed by atoms with Gasteiger partial charge in [0.05, 0.1) is 18.9 Å². The van der Waals surface area contributed by atoms with Crippen LogP contribution in [-0.2, 0) is 14.3 Å². The minimum atomic E-state index is -0.639. The smallest absolute Gasteiger partial charge is 0.283 e. The van der Waals surface area contributed by atoms with Crippen LogP contribution in [0.15, 0.2) is 53.2 Å². The summed E-state index contributed by atoms with van der Waals surface area (Å²) in [5.41, 5.74) is 1.84. The highest BCUT2D eigenvalue weighted by atomic mass is 35.5. The van der Waals surface area contributed by atoms with Crippen LogP contribution in [0.2, 0.25) is 5.02 Å². The predicted octanol–water partition coefficient (Wildman–Crippen LogP) is 3.56. The van der Waals surface area contributed by atoms with Crippen LogP contribution in [0.3, 0.4) is 0 Å². The van der Waals surface area contributed by atoms with E-state index in [9.17, 15) is 14.4 Å². The van der Waals surface area contributed by atoms with Gasteiger partial charge in [0.25, 0.3) is 17.7 Å². The summed E-state index contributed by atoms with van der Waals surface area (Å²) in [5, 5.41) is 3.12. The second kappa shape index (κ2) is 8.70. The molecule has 1 fully saturated rings. The van der Waals surface area contributed by atoms with Gasteiger partial charge in [0, 0.05) is 29.4 Å². The van der Waals surface area contributed by atoms with E-state index in [1.165, 1.54) is 0 Å². The van der Waals surface area contributed by atoms with Crippen LogP contribution < -0.4 is 10.2 Å². The van der Waals surface area contributed by atoms with E-state index in [1.807, 2.05) is 0 Å². The number of rotatable bonds is 4. The molecule has 0 atom stereocenters. The van der Waals surface area contributed by atoms with E-state index in [0.29, 0.717) is 53.8 Å². The first-order chi connectivity index (χ1) is 14.9. The fourth-order valence-electron chi connectivity index (χ4n) is 3.49. The van der Waals surface area contributed by atoms with Gasteiger partial charge in [-0.2, -0.15) is 0 Å². The number of amides is 3. The van der Waals surface area contributed by atoms with E-state index >= 15 is 0 Å². The van der Waals surface area contributed by atoms with E-state index in [0.717, 1.165) is 4.90 Å². The van der Waals surface area contributed by atoms with E-state index in [-0.39, 0.29) is 16.6 Å². The van der Waals surface area contributed by atoms with E-state index < -0.39 is 11.8 Å². The van der Waals surface area contributed by atoms with Gasteiger partial charge in [-0.25, -0.2) is 4.90 Å². The van der Waals surface area contributed by atoms with Crippen molar-refractivity contribution in [1.82, 2.24) is 4.90 Å². The van der Waals surface area contributed by atoms with Crippen molar-refractivity contribution in [2.45, 2.75) is 6.92 Å². The third-order valence-corrected chi connectivity index (χ3v) is 5.94. The molecule has 2 heterocycles. The second-order valence-electron chi connectivity index (χ2n) is 7.13. The first-order valence-corrected chi connectivity index (χ1v) is 10.4. The van der Waals surface area contributed by atoms with Gasteiger partial charge < -0.3 is 15.0 Å². The summed E-state index contributed by atoms with van der Waals surface area (Å²) >= 11 is 12.4. The molecule has 0 aliphatic carbocycles. The molecule has 1 N–H and O–H groups in total. The number of hydrogen-bond acceptors (Lipinski definition) is 5. The maximum Gasteiger partial charge on any atom is 0.283 e. The van der Waals surface area contributed by atoms with Crippen LogP contribution in [-0.4, -0.2) is 48.9 Å². The molecular formula is C22H19Cl2N3O4. The Balaban J connectivity index is 1.58. The number of carbonyl (C=O) groups is 3. The third kappa shape index (κ3) is 4.04. The SMILES string of the molecule is Cc1c(Cl)cccc1N1C(=O)C(Cl)=C(Nc2cccc(C(=O)N3CCOCC3)c2)C1=O. The average molecular weight is 460 g/mol. The van der Waals surface area contributed by atoms with Gasteiger partial charge in [0.15, 0.2) is 0 Å². The molecule has 2 aliphatic heterocycles. The summed E-state index contributed by atoms with van der Waals surface area (Å²) in [6.07, 6.45) is 0. The zero-order valence-electron chi connectivity index (χ0n) is 16.7. The molecule has 3 amide bonds. The highest BCUT2D eigenvalue weighted by molar-refractivity contribution is 6.53. The Kier molecular flexibility index (Phi) is 6.00. The second-order valence-corrected chi connectivity index (χ2v) is 7.91. The van der Waals surface area contributed by atoms with Crippen molar-refractivity contribution in [2.24, 2.45) is 0 Å². The van der Waals surface area contributed by atoms with E-state index in [1.54, 1.807) is 54.3 Å². The number of ether oxygens (including phenoxy) is 1. The number of halogens is 2. The standard InChI is InChI=1S/C22H19Cl2N3O4/c1-13-16(23)6-3-7-17(13)27-21(29)18(24)19(22(27)30)25-15-5-2-4-14(12-15)20(28)26-8-10-31-11-9-26/h2-7,12,25H,8-11H2,1H3. The largest absolute Gasteiger partial charge is 0.378 e. The average Bonchev–Trinajstić information content (AvgIpc) is 2.99. The van der Waals surface area contributed by atoms with Crippen LogP contribution in [0.25, 0.3) is 0 Å². The van der Waals surface area contributed by atoms with Crippen LogP contribution in [0.1, 0.15) is 15.9 Å². The summed E-state index contributed by atoms with van der Waals surface area (Å²) in [6, 6.07) is 11.7. The van der Waals surface area contributed by atoms with Crippen molar-refractivity contribution in [1.29, 1.82) is 0 Å². The highest BCUT2D eigenvalue weighted by Gasteiger charge is 2.39. The molecule has 0 spiro atoms. The van der Waals surface area contributed by atoms with Crippen LogP contribution in [0.4, 0.5) is 11.4 Å². The summed E-state index contributed by atoms with van der Waals surface area (Å²) in [6.45, 7) is 3.77. The monoisotopic (exact) mass is 459 g/mol. The van der Waals surface area contributed by atoms with Crippen molar-refractivity contribution in [3.8, 4) is 0 Å². The molecular weight excluding hydrogens is 441 g/mol. The number of nitrogens with zero attached hydrogens (tertiary/aromatic N) is 2. The number of carbonyl (C=O) groups excluding carboxylic acids is 3. The summed E-state index contributed by atoms with van der Waals surface area (Å²) < 4.78 is 5.28. The highest BCUT2D eigenvalue weighted by Crippen LogP contribution is 2.34. The van der Waals surface area contributed by atoms with Crippen molar-refractivity contribution in [3.05, 3.63) is 69.3 Å². The Labute approximate surface area is 189 Å². The maximum atomic E-state index is 13.0. The predicted molar refractivity (Wildman–Crippen MR) is 118 cm³/mol. The molecule has 0 saturated carbocycles. The third-order valence-electron chi connectivity index (χ3n) is 5.18. The molecule has 1 saturated heterocycles. The summed E-state index contributed by atoms with van der Waals surface area (Å²) in [4.78, 5) is 41.2. The minimum Gasteiger partial charge on any atom is -0.378 e. The molecule has 0 radical (unpaired) electrons. The molecule has 7 nitrogen and oxygen atoms in total. The van der Waals surface area contributed by atoms with E-state index in [2.05, 4.69) is 5.32 Å². The maximum absolute atomic E-state index is 13.0. The van der Waals surface area contributed by atoms with Gasteiger partial charge in [0.1, 0.15) is 10.7 Å². The minimum absolute atomic E-state index is 0.0537. The van der Waals surface area contributed by atoms with Crippen molar-refractivity contribution >= 4 is 52.3 Å². The topological polar surface area (TPSA) is 79.0 Å². The molecule has 0 aromatic heterocycles. The number of imide groups is 1. The number of nitrogens with one attached hydrogen (secondary N) is 1. The molecule has 160 valence electrons. The van der Waals surface area contributed by atoms with Crippen molar-refractivity contribution in [2.75, 3.05) is 36.5 Å². The van der Waals surface area contributed by atoms with Crippen LogP contribution >= 0.6 is 23.2 Å². The lowest BCUT2D eigenvalue weighted by Crippen LogP contribution is -2.40. The molecule has 9 heteroatoms. The van der Waals surface area contributed by atoms with Crippen molar-refractivity contribution < 1.29 is 19.1 Å². The van der Waals surface area contributed by atoms with Gasteiger partial charge in [-0.15, -0.1) is 0 Å². The first kappa shape index (κ1) is 21.4. The van der Waals surface area contributed by atoms with E-state index in [4.69, 9.17) is 27.9 Å². The Morgan fingerprint density at radius 1 is 1.03 bits per heavy atom. The normalized spacial score (nSPS) is 16.9. The molecule has 2 aromatic rings. The Bertz CT molecular complexity index is 1110. The number of benzene rings is 2. The molecule has 2 aliphatic rings. The van der Waals surface area contributed by atoms with Crippen LogP contribution in [0, 0.1) is 6.92 Å². The molecule has 0 unspecified atom stereocenters. The molecule has 2 aromatic carbocycles. The Hall–Kier alpha value is -2.87. The molecule has 0 bridgehead atoms. The number of anilines is 2. The van der Waals surface area contributed by atoms with Gasteiger partial charge in [-0.3, -0.25) is 14.4 Å². The van der Waals surface area contributed by atoms with Gasteiger partial charge in [0.2, 0.25) is 0 Å². The zero-order chi connectivity index (χ0) is 22.1. The number of hydrogen-bond donors (Lipinski definition) is 1. The Morgan fingerprint density at radius 2 is 1.74 bits per heavy atom. The molecule has 31 heavy (non-hydrogen) atoms. The van der Waals surface area contributed by atoms with Crippen molar-refractivity contribution in [3.63, 3.8) is 0 Å². The van der Waals surface area contributed by atoms with Crippen LogP contribution in [0.5, 0.6) is 0 Å². The van der Waals surface area contributed by atoms with Gasteiger partial charge in [-0.05, 0) is 42.8 Å². The Morgan fingerprint density at radius 3 is 2.48 bits per heavy atom. The lowest BCUT2D eigenvalue weighted by atomic mass is 10.1.